The Balaban J connectivity index is 2.30. The van der Waals surface area contributed by atoms with Crippen molar-refractivity contribution in [3.63, 3.8) is 0 Å². The van der Waals surface area contributed by atoms with Gasteiger partial charge in [-0.25, -0.2) is 0 Å². The summed E-state index contributed by atoms with van der Waals surface area (Å²) in [6, 6.07) is 14.5. The van der Waals surface area contributed by atoms with Gasteiger partial charge in [0, 0.05) is 17.8 Å². The van der Waals surface area contributed by atoms with Crippen LogP contribution in [0.3, 0.4) is 0 Å². The first-order valence-electron chi connectivity index (χ1n) is 6.27. The average molecular weight is 249 g/mol. The van der Waals surface area contributed by atoms with E-state index in [0.29, 0.717) is 0 Å². The summed E-state index contributed by atoms with van der Waals surface area (Å²) in [5.41, 5.74) is 3.58. The fourth-order valence-corrected chi connectivity index (χ4v) is 2.44. The van der Waals surface area contributed by atoms with E-state index < -0.39 is 0 Å². The van der Waals surface area contributed by atoms with Gasteiger partial charge in [-0.05, 0) is 41.1 Å². The summed E-state index contributed by atoms with van der Waals surface area (Å²) < 4.78 is 5.31. The second kappa shape index (κ2) is 4.73. The molecule has 1 aromatic heterocycles. The molecule has 0 saturated carbocycles. The quantitative estimate of drug-likeness (QED) is 0.678. The Bertz CT molecular complexity index is 729. The molecule has 0 bridgehead atoms. The fourth-order valence-electron chi connectivity index (χ4n) is 2.44. The molecule has 0 aliphatic rings. The first-order chi connectivity index (χ1) is 9.29. The second-order valence-corrected chi connectivity index (χ2v) is 4.59. The van der Waals surface area contributed by atoms with Crippen LogP contribution in [0.4, 0.5) is 0 Å². The Morgan fingerprint density at radius 2 is 1.84 bits per heavy atom. The molecule has 0 radical (unpaired) electrons. The summed E-state index contributed by atoms with van der Waals surface area (Å²) in [7, 11) is 1.69. The van der Waals surface area contributed by atoms with Crippen LogP contribution in [0.2, 0.25) is 0 Å². The third kappa shape index (κ3) is 2.06. The minimum absolute atomic E-state index is 0.876. The van der Waals surface area contributed by atoms with Crippen molar-refractivity contribution < 1.29 is 4.74 Å². The fraction of sp³-hybridized carbons (Fsp3) is 0.118. The smallest absolute Gasteiger partial charge is 0.119 e. The van der Waals surface area contributed by atoms with Crippen LogP contribution in [0.25, 0.3) is 21.9 Å². The highest BCUT2D eigenvalue weighted by molar-refractivity contribution is 5.98. The van der Waals surface area contributed by atoms with Crippen molar-refractivity contribution in [3.05, 3.63) is 60.4 Å². The zero-order valence-corrected chi connectivity index (χ0v) is 11.1. The molecule has 0 saturated heterocycles. The van der Waals surface area contributed by atoms with Gasteiger partial charge in [0.05, 0.1) is 7.11 Å². The largest absolute Gasteiger partial charge is 0.497 e. The van der Waals surface area contributed by atoms with Gasteiger partial charge in [0.25, 0.3) is 0 Å². The van der Waals surface area contributed by atoms with Crippen LogP contribution in [0.5, 0.6) is 5.75 Å². The average Bonchev–Trinajstić information content (AvgIpc) is 2.47. The number of hydrogen-bond donors (Lipinski definition) is 0. The maximum atomic E-state index is 5.31. The van der Waals surface area contributed by atoms with E-state index in [9.17, 15) is 0 Å². The van der Waals surface area contributed by atoms with E-state index in [0.717, 1.165) is 5.75 Å². The number of hydrogen-bond acceptors (Lipinski definition) is 2. The molecule has 0 fully saturated rings. The van der Waals surface area contributed by atoms with E-state index in [4.69, 9.17) is 4.74 Å². The van der Waals surface area contributed by atoms with E-state index in [1.54, 1.807) is 7.11 Å². The summed E-state index contributed by atoms with van der Waals surface area (Å²) in [6.07, 6.45) is 3.82. The first kappa shape index (κ1) is 11.7. The highest BCUT2D eigenvalue weighted by Gasteiger charge is 2.07. The lowest BCUT2D eigenvalue weighted by Crippen LogP contribution is -1.88. The van der Waals surface area contributed by atoms with Crippen molar-refractivity contribution in [2.24, 2.45) is 0 Å². The summed E-state index contributed by atoms with van der Waals surface area (Å²) in [4.78, 5) is 4.26. The van der Waals surface area contributed by atoms with Crippen LogP contribution in [0, 0.1) is 6.92 Å². The second-order valence-electron chi connectivity index (χ2n) is 4.59. The number of methoxy groups -OCH3 is 1. The molecule has 0 atom stereocenters. The molecule has 0 aliphatic heterocycles. The highest BCUT2D eigenvalue weighted by atomic mass is 16.5. The molecule has 2 nitrogen and oxygen atoms in total. The number of aromatic nitrogens is 1. The molecule has 2 heteroatoms. The van der Waals surface area contributed by atoms with Gasteiger partial charge < -0.3 is 4.74 Å². The molecular weight excluding hydrogens is 234 g/mol. The van der Waals surface area contributed by atoms with E-state index in [-0.39, 0.29) is 0 Å². The van der Waals surface area contributed by atoms with E-state index in [2.05, 4.69) is 42.2 Å². The van der Waals surface area contributed by atoms with Crippen molar-refractivity contribution in [1.29, 1.82) is 0 Å². The number of nitrogens with zero attached hydrogens (tertiary/aromatic N) is 1. The molecule has 1 heterocycles. The highest BCUT2D eigenvalue weighted by Crippen LogP contribution is 2.32. The molecular formula is C17H15NO. The van der Waals surface area contributed by atoms with E-state index >= 15 is 0 Å². The zero-order valence-electron chi connectivity index (χ0n) is 11.1. The predicted molar refractivity (Wildman–Crippen MR) is 78.5 cm³/mol. The Hall–Kier alpha value is -2.35. The maximum Gasteiger partial charge on any atom is 0.119 e. The van der Waals surface area contributed by atoms with Crippen molar-refractivity contribution in [2.45, 2.75) is 6.92 Å². The van der Waals surface area contributed by atoms with E-state index in [1.165, 1.54) is 27.5 Å². The molecule has 0 spiro atoms. The van der Waals surface area contributed by atoms with Gasteiger partial charge in [-0.2, -0.15) is 0 Å². The number of aryl methyl sites for hydroxylation is 1. The van der Waals surface area contributed by atoms with E-state index in [1.807, 2.05) is 24.5 Å². The maximum absolute atomic E-state index is 5.31. The van der Waals surface area contributed by atoms with Gasteiger partial charge >= 0.3 is 0 Å². The van der Waals surface area contributed by atoms with Crippen molar-refractivity contribution >= 4 is 10.8 Å². The predicted octanol–water partition coefficient (Wildman–Crippen LogP) is 4.22. The Kier molecular flexibility index (Phi) is 2.92. The van der Waals surface area contributed by atoms with Crippen LogP contribution < -0.4 is 4.74 Å². The summed E-state index contributed by atoms with van der Waals surface area (Å²) in [5.74, 6) is 0.876. The van der Waals surface area contributed by atoms with Gasteiger partial charge in [-0.15, -0.1) is 0 Å². The van der Waals surface area contributed by atoms with Crippen molar-refractivity contribution in [1.82, 2.24) is 4.98 Å². The number of benzene rings is 2. The normalized spacial score (nSPS) is 10.6. The third-order valence-electron chi connectivity index (χ3n) is 3.35. The van der Waals surface area contributed by atoms with Crippen LogP contribution in [0.15, 0.2) is 54.9 Å². The lowest BCUT2D eigenvalue weighted by Gasteiger charge is -2.10. The monoisotopic (exact) mass is 249 g/mol. The van der Waals surface area contributed by atoms with Crippen molar-refractivity contribution in [3.8, 4) is 16.9 Å². The molecule has 19 heavy (non-hydrogen) atoms. The lowest BCUT2D eigenvalue weighted by atomic mass is 9.97. The zero-order chi connectivity index (χ0) is 13.2. The number of pyridine rings is 1. The van der Waals surface area contributed by atoms with Crippen molar-refractivity contribution in [2.75, 3.05) is 7.11 Å². The SMILES string of the molecule is COc1cccc(-c2cccc3cncc(C)c23)c1. The third-order valence-corrected chi connectivity index (χ3v) is 3.35. The van der Waals surface area contributed by atoms with Crippen LogP contribution >= 0.6 is 0 Å². The van der Waals surface area contributed by atoms with Gasteiger partial charge in [0.15, 0.2) is 0 Å². The van der Waals surface area contributed by atoms with Gasteiger partial charge in [0.2, 0.25) is 0 Å². The van der Waals surface area contributed by atoms with Crippen LogP contribution in [-0.2, 0) is 0 Å². The first-order valence-corrected chi connectivity index (χ1v) is 6.27. The minimum atomic E-state index is 0.876. The molecule has 3 aromatic rings. The molecule has 0 N–H and O–H groups in total. The molecule has 0 unspecified atom stereocenters. The van der Waals surface area contributed by atoms with Crippen LogP contribution in [0.1, 0.15) is 5.56 Å². The molecule has 2 aromatic carbocycles. The number of ether oxygens (including phenoxy) is 1. The Morgan fingerprint density at radius 3 is 2.68 bits per heavy atom. The lowest BCUT2D eigenvalue weighted by molar-refractivity contribution is 0.415. The van der Waals surface area contributed by atoms with Gasteiger partial charge in [-0.1, -0.05) is 30.3 Å². The van der Waals surface area contributed by atoms with Crippen LogP contribution in [-0.4, -0.2) is 12.1 Å². The number of fused-ring (bicyclic) bond motifs is 1. The standard InChI is InChI=1S/C17H15NO/c1-12-10-18-11-14-6-4-8-16(17(12)14)13-5-3-7-15(9-13)19-2/h3-11H,1-2H3. The molecule has 0 aliphatic carbocycles. The Labute approximate surface area is 112 Å². The molecule has 3 rings (SSSR count). The Morgan fingerprint density at radius 1 is 1.00 bits per heavy atom. The summed E-state index contributed by atoms with van der Waals surface area (Å²) >= 11 is 0. The molecule has 0 amide bonds. The summed E-state index contributed by atoms with van der Waals surface area (Å²) in [5, 5.41) is 2.42. The minimum Gasteiger partial charge on any atom is -0.497 e. The summed E-state index contributed by atoms with van der Waals surface area (Å²) in [6.45, 7) is 2.10. The van der Waals surface area contributed by atoms with Gasteiger partial charge in [-0.3, -0.25) is 4.98 Å². The topological polar surface area (TPSA) is 22.1 Å². The van der Waals surface area contributed by atoms with Gasteiger partial charge in [0.1, 0.15) is 5.75 Å². The number of rotatable bonds is 2. The molecule has 94 valence electrons.